The summed E-state index contributed by atoms with van der Waals surface area (Å²) in [5.74, 6) is 0. The molecule has 0 aliphatic carbocycles. The van der Waals surface area contributed by atoms with E-state index in [1.807, 2.05) is 22.7 Å². The van der Waals surface area contributed by atoms with Crippen LogP contribution in [-0.4, -0.2) is 0 Å². The van der Waals surface area contributed by atoms with Gasteiger partial charge >= 0.3 is 0 Å². The Balaban J connectivity index is 1.59. The van der Waals surface area contributed by atoms with E-state index in [1.54, 1.807) is 0 Å². The second-order valence-corrected chi connectivity index (χ2v) is 6.93. The number of benzene rings is 1. The van der Waals surface area contributed by atoms with Crippen molar-refractivity contribution in [3.8, 4) is 10.4 Å². The molecule has 3 aromatic rings. The lowest BCUT2D eigenvalue weighted by Gasteiger charge is -2.02. The maximum atomic E-state index is 3.53. The summed E-state index contributed by atoms with van der Waals surface area (Å²) in [6.07, 6.45) is 0. The van der Waals surface area contributed by atoms with Crippen molar-refractivity contribution < 1.29 is 0 Å². The molecule has 0 spiro atoms. The van der Waals surface area contributed by atoms with Gasteiger partial charge in [0, 0.05) is 27.7 Å². The van der Waals surface area contributed by atoms with Crippen molar-refractivity contribution >= 4 is 22.7 Å². The van der Waals surface area contributed by atoms with Crippen LogP contribution in [0.2, 0.25) is 0 Å². The molecule has 0 fully saturated rings. The third-order valence-corrected chi connectivity index (χ3v) is 5.43. The van der Waals surface area contributed by atoms with Gasteiger partial charge in [0.15, 0.2) is 0 Å². The van der Waals surface area contributed by atoms with Gasteiger partial charge in [0.1, 0.15) is 0 Å². The molecular formula is C17H17NS2. The minimum atomic E-state index is 0.939. The monoisotopic (exact) mass is 299 g/mol. The summed E-state index contributed by atoms with van der Waals surface area (Å²) >= 11 is 3.70. The fourth-order valence-corrected chi connectivity index (χ4v) is 3.97. The highest BCUT2D eigenvalue weighted by molar-refractivity contribution is 7.15. The number of aryl methyl sites for hydroxylation is 1. The van der Waals surface area contributed by atoms with Gasteiger partial charge in [0.2, 0.25) is 0 Å². The largest absolute Gasteiger partial charge is 0.307 e. The lowest BCUT2D eigenvalue weighted by Crippen LogP contribution is -2.11. The summed E-state index contributed by atoms with van der Waals surface area (Å²) in [7, 11) is 0. The Morgan fingerprint density at radius 3 is 2.55 bits per heavy atom. The fraction of sp³-hybridized carbons (Fsp3) is 0.176. The summed E-state index contributed by atoms with van der Waals surface area (Å²) in [5, 5.41) is 5.69. The zero-order valence-corrected chi connectivity index (χ0v) is 13.1. The first-order chi connectivity index (χ1) is 9.83. The Bertz CT molecular complexity index is 667. The van der Waals surface area contributed by atoms with Gasteiger partial charge in [-0.25, -0.2) is 0 Å². The smallest absolute Gasteiger partial charge is 0.0346 e. The molecule has 0 atom stereocenters. The predicted molar refractivity (Wildman–Crippen MR) is 89.4 cm³/mol. The highest BCUT2D eigenvalue weighted by Gasteiger charge is 2.03. The number of thiophene rings is 2. The molecule has 20 heavy (non-hydrogen) atoms. The van der Waals surface area contributed by atoms with Crippen molar-refractivity contribution in [2.24, 2.45) is 0 Å². The van der Waals surface area contributed by atoms with E-state index in [0.717, 1.165) is 13.1 Å². The SMILES string of the molecule is Cc1ccsc1CNCc1ccc(-c2ccccc2)s1. The predicted octanol–water partition coefficient (Wildman–Crippen LogP) is 5.07. The average Bonchev–Trinajstić information content (AvgIpc) is 3.10. The Hall–Kier alpha value is -1.42. The molecule has 1 nitrogen and oxygen atoms in total. The molecule has 1 aromatic carbocycles. The van der Waals surface area contributed by atoms with E-state index in [4.69, 9.17) is 0 Å². The molecule has 102 valence electrons. The van der Waals surface area contributed by atoms with E-state index < -0.39 is 0 Å². The molecule has 2 heterocycles. The van der Waals surface area contributed by atoms with Crippen LogP contribution < -0.4 is 5.32 Å². The molecule has 3 rings (SSSR count). The lowest BCUT2D eigenvalue weighted by molar-refractivity contribution is 0.706. The summed E-state index contributed by atoms with van der Waals surface area (Å²) in [4.78, 5) is 4.16. The van der Waals surface area contributed by atoms with Crippen molar-refractivity contribution in [1.82, 2.24) is 5.32 Å². The van der Waals surface area contributed by atoms with Crippen LogP contribution in [0.25, 0.3) is 10.4 Å². The summed E-state index contributed by atoms with van der Waals surface area (Å²) in [6, 6.07) is 17.2. The van der Waals surface area contributed by atoms with Crippen molar-refractivity contribution in [2.75, 3.05) is 0 Å². The fourth-order valence-electron chi connectivity index (χ4n) is 2.11. The van der Waals surface area contributed by atoms with Gasteiger partial charge in [-0.3, -0.25) is 0 Å². The van der Waals surface area contributed by atoms with E-state index >= 15 is 0 Å². The van der Waals surface area contributed by atoms with Crippen molar-refractivity contribution in [1.29, 1.82) is 0 Å². The Morgan fingerprint density at radius 2 is 1.80 bits per heavy atom. The third-order valence-electron chi connectivity index (χ3n) is 3.27. The Labute approximate surface area is 127 Å². The van der Waals surface area contributed by atoms with Gasteiger partial charge in [-0.05, 0) is 41.6 Å². The van der Waals surface area contributed by atoms with Crippen LogP contribution in [-0.2, 0) is 13.1 Å². The van der Waals surface area contributed by atoms with Crippen LogP contribution in [0.15, 0.2) is 53.9 Å². The Morgan fingerprint density at radius 1 is 0.950 bits per heavy atom. The summed E-state index contributed by atoms with van der Waals surface area (Å²) in [6.45, 7) is 4.07. The summed E-state index contributed by atoms with van der Waals surface area (Å²) in [5.41, 5.74) is 2.69. The standard InChI is InChI=1S/C17H17NS2/c1-13-9-10-19-17(13)12-18-11-15-7-8-16(20-15)14-5-3-2-4-6-14/h2-10,18H,11-12H2,1H3. The number of nitrogens with one attached hydrogen (secondary N) is 1. The molecule has 0 bridgehead atoms. The molecule has 0 saturated carbocycles. The minimum Gasteiger partial charge on any atom is -0.307 e. The lowest BCUT2D eigenvalue weighted by atomic mass is 10.2. The molecular weight excluding hydrogens is 282 g/mol. The molecule has 0 aliphatic heterocycles. The molecule has 2 aromatic heterocycles. The minimum absolute atomic E-state index is 0.939. The van der Waals surface area contributed by atoms with Crippen LogP contribution in [0, 0.1) is 6.92 Å². The highest BCUT2D eigenvalue weighted by Crippen LogP contribution is 2.27. The zero-order valence-electron chi connectivity index (χ0n) is 11.4. The first-order valence-corrected chi connectivity index (χ1v) is 8.40. The van der Waals surface area contributed by atoms with Gasteiger partial charge in [-0.1, -0.05) is 30.3 Å². The molecule has 0 saturated heterocycles. The van der Waals surface area contributed by atoms with Crippen molar-refractivity contribution in [3.63, 3.8) is 0 Å². The number of rotatable bonds is 5. The maximum Gasteiger partial charge on any atom is 0.0346 e. The van der Waals surface area contributed by atoms with Crippen LogP contribution in [0.3, 0.4) is 0 Å². The van der Waals surface area contributed by atoms with Crippen LogP contribution in [0.1, 0.15) is 15.3 Å². The van der Waals surface area contributed by atoms with E-state index in [2.05, 4.69) is 66.2 Å². The van der Waals surface area contributed by atoms with Gasteiger partial charge in [0.25, 0.3) is 0 Å². The topological polar surface area (TPSA) is 12.0 Å². The molecule has 0 amide bonds. The van der Waals surface area contributed by atoms with Gasteiger partial charge < -0.3 is 5.32 Å². The average molecular weight is 299 g/mol. The first kappa shape index (κ1) is 13.6. The van der Waals surface area contributed by atoms with Gasteiger partial charge in [0.05, 0.1) is 0 Å². The van der Waals surface area contributed by atoms with E-state index in [-0.39, 0.29) is 0 Å². The van der Waals surface area contributed by atoms with Crippen molar-refractivity contribution in [3.05, 3.63) is 69.2 Å². The second kappa shape index (κ2) is 6.35. The first-order valence-electron chi connectivity index (χ1n) is 6.71. The Kier molecular flexibility index (Phi) is 4.31. The zero-order chi connectivity index (χ0) is 13.8. The van der Waals surface area contributed by atoms with E-state index in [9.17, 15) is 0 Å². The van der Waals surface area contributed by atoms with Gasteiger partial charge in [-0.2, -0.15) is 0 Å². The maximum absolute atomic E-state index is 3.53. The molecule has 3 heteroatoms. The molecule has 1 N–H and O–H groups in total. The molecule has 0 aliphatic rings. The van der Waals surface area contributed by atoms with Crippen LogP contribution >= 0.6 is 22.7 Å². The number of hydrogen-bond donors (Lipinski definition) is 1. The number of hydrogen-bond acceptors (Lipinski definition) is 3. The van der Waals surface area contributed by atoms with Gasteiger partial charge in [-0.15, -0.1) is 22.7 Å². The van der Waals surface area contributed by atoms with Crippen molar-refractivity contribution in [2.45, 2.75) is 20.0 Å². The normalized spacial score (nSPS) is 10.8. The van der Waals surface area contributed by atoms with Crippen LogP contribution in [0.5, 0.6) is 0 Å². The van der Waals surface area contributed by atoms with E-state index in [1.165, 1.54) is 25.8 Å². The molecule has 0 radical (unpaired) electrons. The third kappa shape index (κ3) is 3.18. The summed E-state index contributed by atoms with van der Waals surface area (Å²) < 4.78 is 0. The second-order valence-electron chi connectivity index (χ2n) is 4.76. The molecule has 0 unspecified atom stereocenters. The highest BCUT2D eigenvalue weighted by atomic mass is 32.1. The van der Waals surface area contributed by atoms with Crippen LogP contribution in [0.4, 0.5) is 0 Å². The van der Waals surface area contributed by atoms with E-state index in [0.29, 0.717) is 0 Å². The quantitative estimate of drug-likeness (QED) is 0.693.